The van der Waals surface area contributed by atoms with Gasteiger partial charge in [-0.2, -0.15) is 0 Å². The van der Waals surface area contributed by atoms with Crippen LogP contribution < -0.4 is 5.32 Å². The molecule has 1 saturated carbocycles. The molecule has 2 heteroatoms. The van der Waals surface area contributed by atoms with E-state index in [4.69, 9.17) is 4.74 Å². The Morgan fingerprint density at radius 3 is 3.00 bits per heavy atom. The Hall–Kier alpha value is -0.0800. The SMILES string of the molecule is CCOC1CC2CNC(C2)C1. The predicted molar refractivity (Wildman–Crippen MR) is 44.5 cm³/mol. The molecule has 0 amide bonds. The lowest BCUT2D eigenvalue weighted by molar-refractivity contribution is 0.0259. The van der Waals surface area contributed by atoms with E-state index in [9.17, 15) is 0 Å². The maximum atomic E-state index is 5.62. The molecule has 2 rings (SSSR count). The summed E-state index contributed by atoms with van der Waals surface area (Å²) in [5.41, 5.74) is 0. The Kier molecular flexibility index (Phi) is 2.14. The molecule has 1 N–H and O–H groups in total. The minimum Gasteiger partial charge on any atom is -0.378 e. The summed E-state index contributed by atoms with van der Waals surface area (Å²) in [7, 11) is 0. The Balaban J connectivity index is 1.87. The predicted octanol–water partition coefficient (Wildman–Crippen LogP) is 1.16. The average Bonchev–Trinajstić information content (AvgIpc) is 2.32. The summed E-state index contributed by atoms with van der Waals surface area (Å²) in [6.45, 7) is 4.20. The minimum absolute atomic E-state index is 0.554. The molecule has 1 aliphatic carbocycles. The number of nitrogens with one attached hydrogen (secondary N) is 1. The Labute approximate surface area is 68.3 Å². The highest BCUT2D eigenvalue weighted by Gasteiger charge is 2.33. The van der Waals surface area contributed by atoms with Crippen molar-refractivity contribution in [3.8, 4) is 0 Å². The molecule has 1 aliphatic heterocycles. The summed E-state index contributed by atoms with van der Waals surface area (Å²) < 4.78 is 5.62. The van der Waals surface area contributed by atoms with Gasteiger partial charge in [-0.25, -0.2) is 0 Å². The van der Waals surface area contributed by atoms with Gasteiger partial charge in [0.05, 0.1) is 6.10 Å². The molecule has 0 radical (unpaired) electrons. The smallest absolute Gasteiger partial charge is 0.0593 e. The molecule has 0 aromatic rings. The lowest BCUT2D eigenvalue weighted by Gasteiger charge is -2.26. The van der Waals surface area contributed by atoms with Crippen LogP contribution in [0.5, 0.6) is 0 Å². The lowest BCUT2D eigenvalue weighted by atomic mass is 9.88. The fourth-order valence-corrected chi connectivity index (χ4v) is 2.42. The zero-order chi connectivity index (χ0) is 7.68. The maximum Gasteiger partial charge on any atom is 0.0593 e. The number of hydrogen-bond donors (Lipinski definition) is 1. The molecule has 0 aromatic carbocycles. The first-order valence-electron chi connectivity index (χ1n) is 4.73. The van der Waals surface area contributed by atoms with Crippen molar-refractivity contribution in [1.82, 2.24) is 5.32 Å². The van der Waals surface area contributed by atoms with Gasteiger partial charge < -0.3 is 10.1 Å². The summed E-state index contributed by atoms with van der Waals surface area (Å²) >= 11 is 0. The van der Waals surface area contributed by atoms with Gasteiger partial charge in [-0.15, -0.1) is 0 Å². The highest BCUT2D eigenvalue weighted by atomic mass is 16.5. The van der Waals surface area contributed by atoms with Crippen LogP contribution in [-0.4, -0.2) is 25.3 Å². The first kappa shape index (κ1) is 7.56. The third kappa shape index (κ3) is 1.57. The van der Waals surface area contributed by atoms with Gasteiger partial charge in [-0.3, -0.25) is 0 Å². The third-order valence-electron chi connectivity index (χ3n) is 2.86. The Bertz CT molecular complexity index is 126. The van der Waals surface area contributed by atoms with Crippen LogP contribution in [0.25, 0.3) is 0 Å². The number of fused-ring (bicyclic) bond motifs is 2. The molecule has 2 aliphatic rings. The molecule has 2 nitrogen and oxygen atoms in total. The van der Waals surface area contributed by atoms with Crippen LogP contribution in [0.3, 0.4) is 0 Å². The van der Waals surface area contributed by atoms with Gasteiger partial charge in [0.1, 0.15) is 0 Å². The van der Waals surface area contributed by atoms with Crippen molar-refractivity contribution < 1.29 is 4.74 Å². The average molecular weight is 155 g/mol. The molecule has 64 valence electrons. The van der Waals surface area contributed by atoms with Crippen LogP contribution in [0.1, 0.15) is 26.2 Å². The van der Waals surface area contributed by atoms with Crippen LogP contribution >= 0.6 is 0 Å². The molecule has 11 heavy (non-hydrogen) atoms. The van der Waals surface area contributed by atoms with Gasteiger partial charge in [-0.1, -0.05) is 0 Å². The van der Waals surface area contributed by atoms with E-state index in [1.54, 1.807) is 0 Å². The molecule has 2 bridgehead atoms. The zero-order valence-electron chi connectivity index (χ0n) is 7.18. The van der Waals surface area contributed by atoms with Crippen LogP contribution in [-0.2, 0) is 4.74 Å². The van der Waals surface area contributed by atoms with Crippen molar-refractivity contribution in [3.05, 3.63) is 0 Å². The largest absolute Gasteiger partial charge is 0.378 e. The first-order chi connectivity index (χ1) is 5.38. The zero-order valence-corrected chi connectivity index (χ0v) is 7.18. The lowest BCUT2D eigenvalue weighted by Crippen LogP contribution is -2.29. The second kappa shape index (κ2) is 3.11. The summed E-state index contributed by atoms with van der Waals surface area (Å²) in [4.78, 5) is 0. The van der Waals surface area contributed by atoms with E-state index in [2.05, 4.69) is 12.2 Å². The van der Waals surface area contributed by atoms with E-state index in [1.807, 2.05) is 0 Å². The van der Waals surface area contributed by atoms with E-state index >= 15 is 0 Å². The fraction of sp³-hybridized carbons (Fsp3) is 1.00. The van der Waals surface area contributed by atoms with Crippen LogP contribution in [0, 0.1) is 5.92 Å². The third-order valence-corrected chi connectivity index (χ3v) is 2.86. The summed E-state index contributed by atoms with van der Waals surface area (Å²) in [5, 5.41) is 3.53. The second-order valence-corrected chi connectivity index (χ2v) is 3.76. The molecule has 2 fully saturated rings. The van der Waals surface area contributed by atoms with Gasteiger partial charge in [0.2, 0.25) is 0 Å². The van der Waals surface area contributed by atoms with Crippen molar-refractivity contribution in [2.45, 2.75) is 38.3 Å². The van der Waals surface area contributed by atoms with Gasteiger partial charge in [-0.05, 0) is 38.6 Å². The van der Waals surface area contributed by atoms with E-state index < -0.39 is 0 Å². The van der Waals surface area contributed by atoms with Crippen molar-refractivity contribution in [1.29, 1.82) is 0 Å². The Morgan fingerprint density at radius 2 is 2.27 bits per heavy atom. The molecular formula is C9H17NO. The molecule has 1 heterocycles. The quantitative estimate of drug-likeness (QED) is 0.646. The number of rotatable bonds is 2. The second-order valence-electron chi connectivity index (χ2n) is 3.76. The van der Waals surface area contributed by atoms with Crippen molar-refractivity contribution in [2.75, 3.05) is 13.2 Å². The van der Waals surface area contributed by atoms with Crippen molar-refractivity contribution in [2.24, 2.45) is 5.92 Å². The van der Waals surface area contributed by atoms with Gasteiger partial charge in [0, 0.05) is 12.6 Å². The number of ether oxygens (including phenoxy) is 1. The van der Waals surface area contributed by atoms with E-state index in [-0.39, 0.29) is 0 Å². The molecule has 3 atom stereocenters. The topological polar surface area (TPSA) is 21.3 Å². The Morgan fingerprint density at radius 1 is 1.36 bits per heavy atom. The highest BCUT2D eigenvalue weighted by Crippen LogP contribution is 2.30. The molecule has 3 unspecified atom stereocenters. The van der Waals surface area contributed by atoms with Gasteiger partial charge in [0.15, 0.2) is 0 Å². The molecule has 1 saturated heterocycles. The summed E-state index contributed by atoms with van der Waals surface area (Å²) in [6, 6.07) is 0.769. The van der Waals surface area contributed by atoms with Gasteiger partial charge >= 0.3 is 0 Å². The standard InChI is InChI=1S/C9H17NO/c1-2-11-9-4-7-3-8(5-9)10-6-7/h7-10H,2-6H2,1H3. The fourth-order valence-electron chi connectivity index (χ4n) is 2.42. The number of hydrogen-bond acceptors (Lipinski definition) is 2. The van der Waals surface area contributed by atoms with Gasteiger partial charge in [0.25, 0.3) is 0 Å². The van der Waals surface area contributed by atoms with Crippen LogP contribution in [0.4, 0.5) is 0 Å². The monoisotopic (exact) mass is 155 g/mol. The normalized spacial score (nSPS) is 42.8. The van der Waals surface area contributed by atoms with E-state index in [0.29, 0.717) is 6.10 Å². The van der Waals surface area contributed by atoms with Crippen molar-refractivity contribution in [3.63, 3.8) is 0 Å². The van der Waals surface area contributed by atoms with Crippen LogP contribution in [0.15, 0.2) is 0 Å². The molecule has 0 aromatic heterocycles. The molecule has 0 spiro atoms. The van der Waals surface area contributed by atoms with Crippen molar-refractivity contribution >= 4 is 0 Å². The molecular weight excluding hydrogens is 138 g/mol. The highest BCUT2D eigenvalue weighted by molar-refractivity contribution is 4.90. The van der Waals surface area contributed by atoms with Crippen LogP contribution in [0.2, 0.25) is 0 Å². The minimum atomic E-state index is 0.554. The van der Waals surface area contributed by atoms with E-state index in [0.717, 1.165) is 18.6 Å². The summed E-state index contributed by atoms with van der Waals surface area (Å²) in [6.07, 6.45) is 4.48. The van der Waals surface area contributed by atoms with E-state index in [1.165, 1.54) is 25.8 Å². The first-order valence-corrected chi connectivity index (χ1v) is 4.73. The maximum absolute atomic E-state index is 5.62. The summed E-state index contributed by atoms with van der Waals surface area (Å²) in [5.74, 6) is 0.908.